The topological polar surface area (TPSA) is 21.3 Å². The molecule has 88 valence electrons. The predicted octanol–water partition coefficient (Wildman–Crippen LogP) is 4.19. The van der Waals surface area contributed by atoms with Crippen LogP contribution in [0.25, 0.3) is 0 Å². The number of aryl methyl sites for hydroxylation is 1. The van der Waals surface area contributed by atoms with Gasteiger partial charge in [0.2, 0.25) is 0 Å². The van der Waals surface area contributed by atoms with Crippen molar-refractivity contribution < 1.29 is 9.13 Å². The third-order valence-electron chi connectivity index (χ3n) is 2.00. The van der Waals surface area contributed by atoms with E-state index in [1.54, 1.807) is 19.2 Å². The summed E-state index contributed by atoms with van der Waals surface area (Å²) in [5.41, 5.74) is 1.32. The Morgan fingerprint density at radius 3 is 2.69 bits per heavy atom. The van der Waals surface area contributed by atoms with E-state index < -0.39 is 0 Å². The van der Waals surface area contributed by atoms with E-state index >= 15 is 0 Å². The molecule has 2 nitrogen and oxygen atoms in total. The summed E-state index contributed by atoms with van der Waals surface area (Å²) in [5, 5.41) is 2.81. The zero-order valence-corrected chi connectivity index (χ0v) is 12.2. The first kappa shape index (κ1) is 13.5. The normalized spacial score (nSPS) is 9.81. The van der Waals surface area contributed by atoms with E-state index in [4.69, 9.17) is 4.74 Å². The van der Waals surface area contributed by atoms with Crippen LogP contribution in [-0.4, -0.2) is 13.7 Å². The molecule has 0 amide bonds. The highest BCUT2D eigenvalue weighted by atomic mass is 79.9. The maximum absolute atomic E-state index is 13.5. The van der Waals surface area contributed by atoms with Gasteiger partial charge in [-0.1, -0.05) is 0 Å². The molecule has 1 aromatic carbocycles. The van der Waals surface area contributed by atoms with Crippen LogP contribution in [0.3, 0.4) is 0 Å². The van der Waals surface area contributed by atoms with Crippen molar-refractivity contribution in [2.24, 2.45) is 0 Å². The molecule has 0 saturated carbocycles. The maximum Gasteiger partial charge on any atom is 0.150 e. The van der Waals surface area contributed by atoms with E-state index in [2.05, 4.69) is 37.2 Å². The second kappa shape index (κ2) is 6.25. The summed E-state index contributed by atoms with van der Waals surface area (Å²) >= 11 is 6.43. The number of hydrogen-bond donors (Lipinski definition) is 1. The Labute approximate surface area is 111 Å². The summed E-state index contributed by atoms with van der Waals surface area (Å²) in [4.78, 5) is 0. The largest absolute Gasteiger partial charge is 0.489 e. The van der Waals surface area contributed by atoms with Crippen LogP contribution in [-0.2, 0) is 0 Å². The lowest BCUT2D eigenvalue weighted by Gasteiger charge is -2.10. The minimum absolute atomic E-state index is 0.306. The lowest BCUT2D eigenvalue weighted by atomic mass is 10.2. The number of ether oxygens (including phenoxy) is 1. The fraction of sp³-hybridized carbons (Fsp3) is 0.273. The maximum atomic E-state index is 13.5. The third kappa shape index (κ3) is 3.79. The van der Waals surface area contributed by atoms with Crippen LogP contribution in [0, 0.1) is 12.7 Å². The first-order valence-electron chi connectivity index (χ1n) is 4.66. The number of anilines is 1. The second-order valence-electron chi connectivity index (χ2n) is 3.15. The van der Waals surface area contributed by atoms with Gasteiger partial charge in [-0.05, 0) is 56.5 Å². The Morgan fingerprint density at radius 1 is 1.50 bits per heavy atom. The molecule has 0 bridgehead atoms. The van der Waals surface area contributed by atoms with E-state index in [0.29, 0.717) is 18.0 Å². The number of rotatable bonds is 4. The molecule has 1 N–H and O–H groups in total. The van der Waals surface area contributed by atoms with Crippen molar-refractivity contribution in [2.75, 3.05) is 19.0 Å². The van der Waals surface area contributed by atoms with Gasteiger partial charge in [0.05, 0.1) is 9.08 Å². The predicted molar refractivity (Wildman–Crippen MR) is 72.1 cm³/mol. The zero-order valence-electron chi connectivity index (χ0n) is 8.98. The van der Waals surface area contributed by atoms with Gasteiger partial charge >= 0.3 is 0 Å². The molecule has 1 aromatic rings. The molecule has 0 aliphatic carbocycles. The molecule has 0 heterocycles. The SMILES string of the molecule is CNc1c(C)cc(OCC=C(Br)Br)cc1F. The highest BCUT2D eigenvalue weighted by Crippen LogP contribution is 2.25. The van der Waals surface area contributed by atoms with E-state index in [9.17, 15) is 4.39 Å². The van der Waals surface area contributed by atoms with Crippen molar-refractivity contribution in [3.63, 3.8) is 0 Å². The van der Waals surface area contributed by atoms with Gasteiger partial charge in [0.25, 0.3) is 0 Å². The van der Waals surface area contributed by atoms with E-state index in [1.807, 2.05) is 6.92 Å². The highest BCUT2D eigenvalue weighted by molar-refractivity contribution is 9.28. The Kier molecular flexibility index (Phi) is 5.28. The molecule has 5 heteroatoms. The second-order valence-corrected chi connectivity index (χ2v) is 5.92. The molecule has 0 fully saturated rings. The number of nitrogens with one attached hydrogen (secondary N) is 1. The van der Waals surface area contributed by atoms with Gasteiger partial charge in [0, 0.05) is 13.1 Å². The Balaban J connectivity index is 2.80. The van der Waals surface area contributed by atoms with Gasteiger partial charge in [0.1, 0.15) is 18.2 Å². The molecule has 0 saturated heterocycles. The van der Waals surface area contributed by atoms with Crippen molar-refractivity contribution in [1.29, 1.82) is 0 Å². The molecule has 1 rings (SSSR count). The Hall–Kier alpha value is -0.550. The summed E-state index contributed by atoms with van der Waals surface area (Å²) in [7, 11) is 1.69. The number of hydrogen-bond acceptors (Lipinski definition) is 2. The van der Waals surface area contributed by atoms with Gasteiger partial charge in [-0.2, -0.15) is 0 Å². The summed E-state index contributed by atoms with van der Waals surface area (Å²) in [6, 6.07) is 3.17. The van der Waals surface area contributed by atoms with E-state index in [1.165, 1.54) is 6.07 Å². The van der Waals surface area contributed by atoms with Crippen LogP contribution in [0.1, 0.15) is 5.56 Å². The lowest BCUT2D eigenvalue weighted by Crippen LogP contribution is -1.99. The van der Waals surface area contributed by atoms with Crippen LogP contribution in [0.4, 0.5) is 10.1 Å². The van der Waals surface area contributed by atoms with Gasteiger partial charge in [-0.15, -0.1) is 0 Å². The van der Waals surface area contributed by atoms with Crippen molar-refractivity contribution in [3.05, 3.63) is 33.0 Å². The average molecular weight is 353 g/mol. The summed E-state index contributed by atoms with van der Waals surface area (Å²) in [6.45, 7) is 2.21. The first-order chi connectivity index (χ1) is 7.54. The van der Waals surface area contributed by atoms with Crippen LogP contribution >= 0.6 is 31.9 Å². The van der Waals surface area contributed by atoms with Crippen molar-refractivity contribution in [1.82, 2.24) is 0 Å². The van der Waals surface area contributed by atoms with Crippen LogP contribution in [0.5, 0.6) is 5.75 Å². The minimum atomic E-state index is -0.306. The standard InChI is InChI=1S/C11H12Br2FNO/c1-7-5-8(16-4-3-10(12)13)6-9(14)11(7)15-2/h3,5-6,15H,4H2,1-2H3. The molecule has 0 atom stereocenters. The van der Waals surface area contributed by atoms with E-state index in [0.717, 1.165) is 8.96 Å². The van der Waals surface area contributed by atoms with Crippen LogP contribution in [0.15, 0.2) is 21.6 Å². The molecule has 0 aromatic heterocycles. The molecule has 0 spiro atoms. The quantitative estimate of drug-likeness (QED) is 0.877. The molecule has 16 heavy (non-hydrogen) atoms. The Morgan fingerprint density at radius 2 is 2.19 bits per heavy atom. The first-order valence-corrected chi connectivity index (χ1v) is 6.25. The molecule has 0 radical (unpaired) electrons. The average Bonchev–Trinajstić information content (AvgIpc) is 2.16. The van der Waals surface area contributed by atoms with E-state index in [-0.39, 0.29) is 5.82 Å². The molecule has 0 unspecified atom stereocenters. The van der Waals surface area contributed by atoms with Gasteiger partial charge in [-0.3, -0.25) is 0 Å². The smallest absolute Gasteiger partial charge is 0.150 e. The highest BCUT2D eigenvalue weighted by Gasteiger charge is 2.06. The molecular formula is C11H12Br2FNO. The number of benzene rings is 1. The molecule has 0 aliphatic heterocycles. The number of halogens is 3. The van der Waals surface area contributed by atoms with Crippen molar-refractivity contribution in [3.8, 4) is 5.75 Å². The minimum Gasteiger partial charge on any atom is -0.489 e. The van der Waals surface area contributed by atoms with Crippen molar-refractivity contribution in [2.45, 2.75) is 6.92 Å². The molecule has 0 aliphatic rings. The van der Waals surface area contributed by atoms with Crippen LogP contribution in [0.2, 0.25) is 0 Å². The lowest BCUT2D eigenvalue weighted by molar-refractivity contribution is 0.360. The fourth-order valence-electron chi connectivity index (χ4n) is 1.31. The summed E-state index contributed by atoms with van der Waals surface area (Å²) < 4.78 is 19.7. The Bertz CT molecular complexity index is 380. The van der Waals surface area contributed by atoms with Gasteiger partial charge in [-0.25, -0.2) is 4.39 Å². The van der Waals surface area contributed by atoms with Gasteiger partial charge in [0.15, 0.2) is 0 Å². The molecular weight excluding hydrogens is 341 g/mol. The van der Waals surface area contributed by atoms with Crippen LogP contribution < -0.4 is 10.1 Å². The fourth-order valence-corrected chi connectivity index (χ4v) is 1.58. The van der Waals surface area contributed by atoms with Gasteiger partial charge < -0.3 is 10.1 Å². The monoisotopic (exact) mass is 351 g/mol. The summed E-state index contributed by atoms with van der Waals surface area (Å²) in [6.07, 6.45) is 1.79. The summed E-state index contributed by atoms with van der Waals surface area (Å²) in [5.74, 6) is 0.214. The zero-order chi connectivity index (χ0) is 12.1. The van der Waals surface area contributed by atoms with Crippen molar-refractivity contribution >= 4 is 37.5 Å². The third-order valence-corrected chi connectivity index (χ3v) is 2.65.